The number of rotatable bonds is 6. The molecule has 0 spiro atoms. The maximum Gasteiger partial charge on any atom is 0.323 e. The van der Waals surface area contributed by atoms with Crippen LogP contribution in [-0.2, 0) is 23.9 Å². The molecule has 0 aliphatic heterocycles. The number of carbonyl (C=O) groups excluding carboxylic acids is 3. The lowest BCUT2D eigenvalue weighted by atomic mass is 9.73. The van der Waals surface area contributed by atoms with Crippen molar-refractivity contribution in [3.05, 3.63) is 18.3 Å². The second-order valence-corrected chi connectivity index (χ2v) is 8.35. The van der Waals surface area contributed by atoms with Gasteiger partial charge in [0.25, 0.3) is 0 Å². The fourth-order valence-electron chi connectivity index (χ4n) is 3.28. The van der Waals surface area contributed by atoms with Gasteiger partial charge in [-0.1, -0.05) is 0 Å². The first-order valence-electron chi connectivity index (χ1n) is 9.75. The van der Waals surface area contributed by atoms with Gasteiger partial charge >= 0.3 is 17.8 Å². The number of nitrogens with two attached hydrogens (primary N) is 1. The summed E-state index contributed by atoms with van der Waals surface area (Å²) in [5, 5.41) is 2.36. The van der Waals surface area contributed by atoms with Crippen LogP contribution in [0.4, 0.5) is 5.69 Å². The molecule has 0 aromatic carbocycles. The summed E-state index contributed by atoms with van der Waals surface area (Å²) in [5.41, 5.74) is 0.853. The third-order valence-corrected chi connectivity index (χ3v) is 4.76. The molecule has 10 heteroatoms. The van der Waals surface area contributed by atoms with Gasteiger partial charge in [0.2, 0.25) is 5.88 Å². The molecule has 0 unspecified atom stereocenters. The van der Waals surface area contributed by atoms with Crippen LogP contribution in [0.1, 0.15) is 46.5 Å². The lowest BCUT2D eigenvalue weighted by Crippen LogP contribution is -2.45. The number of hydrogen-bond acceptors (Lipinski definition) is 8. The maximum atomic E-state index is 12.8. The Bertz CT molecular complexity index is 752. The van der Waals surface area contributed by atoms with Crippen molar-refractivity contribution in [3.8, 4) is 5.88 Å². The Kier molecular flexibility index (Phi) is 7.74. The van der Waals surface area contributed by atoms with Crippen molar-refractivity contribution in [2.24, 2.45) is 11.3 Å². The number of amides is 2. The van der Waals surface area contributed by atoms with Gasteiger partial charge in [-0.15, -0.1) is 0 Å². The van der Waals surface area contributed by atoms with E-state index in [4.69, 9.17) is 20.1 Å². The molecule has 30 heavy (non-hydrogen) atoms. The van der Waals surface area contributed by atoms with Crippen molar-refractivity contribution in [2.45, 2.75) is 58.2 Å². The zero-order valence-electron chi connectivity index (χ0n) is 17.8. The van der Waals surface area contributed by atoms with Gasteiger partial charge in [0.1, 0.15) is 11.7 Å². The van der Waals surface area contributed by atoms with Gasteiger partial charge in [-0.25, -0.2) is 10.8 Å². The number of hydrazine groups is 1. The van der Waals surface area contributed by atoms with Crippen LogP contribution < -0.4 is 21.3 Å². The average molecular weight is 422 g/mol. The van der Waals surface area contributed by atoms with Crippen molar-refractivity contribution in [1.82, 2.24) is 10.4 Å². The Morgan fingerprint density at radius 2 is 1.87 bits per heavy atom. The van der Waals surface area contributed by atoms with Gasteiger partial charge in [0, 0.05) is 13.2 Å². The second kappa shape index (κ2) is 9.86. The molecule has 0 bridgehead atoms. The highest BCUT2D eigenvalue weighted by atomic mass is 16.6. The van der Waals surface area contributed by atoms with Gasteiger partial charge in [-0.2, -0.15) is 0 Å². The Hall–Kier alpha value is -2.72. The molecule has 0 atom stereocenters. The van der Waals surface area contributed by atoms with Crippen LogP contribution in [0.15, 0.2) is 18.3 Å². The second-order valence-electron chi connectivity index (χ2n) is 8.35. The zero-order valence-corrected chi connectivity index (χ0v) is 17.8. The third kappa shape index (κ3) is 6.39. The Morgan fingerprint density at radius 3 is 2.37 bits per heavy atom. The third-order valence-electron chi connectivity index (χ3n) is 4.76. The fraction of sp³-hybridized carbons (Fsp3) is 0.600. The van der Waals surface area contributed by atoms with Crippen LogP contribution in [-0.4, -0.2) is 48.2 Å². The molecule has 10 nitrogen and oxygen atoms in total. The number of pyridine rings is 1. The number of ether oxygens (including phenoxy) is 3. The number of anilines is 1. The van der Waals surface area contributed by atoms with Crippen molar-refractivity contribution < 1.29 is 28.6 Å². The first-order chi connectivity index (χ1) is 14.1. The van der Waals surface area contributed by atoms with E-state index in [0.29, 0.717) is 43.9 Å². The molecule has 2 amide bonds. The monoisotopic (exact) mass is 422 g/mol. The molecule has 2 rings (SSSR count). The van der Waals surface area contributed by atoms with E-state index < -0.39 is 22.8 Å². The molecule has 0 radical (unpaired) electrons. The summed E-state index contributed by atoms with van der Waals surface area (Å²) in [6, 6.07) is 3.17. The number of carbonyl (C=O) groups is 3. The first-order valence-corrected chi connectivity index (χ1v) is 9.75. The van der Waals surface area contributed by atoms with Gasteiger partial charge in [0.15, 0.2) is 0 Å². The Balaban J connectivity index is 1.93. The van der Waals surface area contributed by atoms with Crippen molar-refractivity contribution in [1.29, 1.82) is 0 Å². The number of hydrogen-bond donors (Lipinski definition) is 3. The van der Waals surface area contributed by atoms with Crippen LogP contribution in [0.25, 0.3) is 0 Å². The van der Waals surface area contributed by atoms with E-state index in [1.807, 2.05) is 20.8 Å². The molecule has 1 aliphatic rings. The minimum Gasteiger partial charge on any atom is -0.474 e. The molecule has 1 fully saturated rings. The molecule has 1 aromatic heterocycles. The fourth-order valence-corrected chi connectivity index (χ4v) is 3.28. The van der Waals surface area contributed by atoms with Gasteiger partial charge in [-0.05, 0) is 52.5 Å². The largest absolute Gasteiger partial charge is 0.474 e. The number of esters is 1. The molecule has 1 aromatic rings. The topological polar surface area (TPSA) is 142 Å². The summed E-state index contributed by atoms with van der Waals surface area (Å²) in [5.74, 6) is 3.21. The van der Waals surface area contributed by atoms with Crippen LogP contribution in [0.2, 0.25) is 0 Å². The highest BCUT2D eigenvalue weighted by molar-refractivity contribution is 6.39. The lowest BCUT2D eigenvalue weighted by Gasteiger charge is -2.39. The van der Waals surface area contributed by atoms with Crippen LogP contribution in [0, 0.1) is 5.41 Å². The standard InChI is InChI=1S/C20H30N4O6/c1-19(2,3)30-18(27)20(12-28-4)9-7-14(8-10-20)29-15-6-5-13(11-22-15)23-16(25)17(26)24-21/h5-6,11,14H,7-10,12,21H2,1-4H3,(H,23,25)(H,24,26). The quantitative estimate of drug-likeness (QED) is 0.205. The molecule has 1 saturated carbocycles. The van der Waals surface area contributed by atoms with Crippen LogP contribution in [0.5, 0.6) is 5.88 Å². The molecule has 1 aliphatic carbocycles. The van der Waals surface area contributed by atoms with E-state index in [0.717, 1.165) is 0 Å². The summed E-state index contributed by atoms with van der Waals surface area (Å²) >= 11 is 0. The van der Waals surface area contributed by atoms with Crippen molar-refractivity contribution >= 4 is 23.5 Å². The van der Waals surface area contributed by atoms with E-state index in [1.54, 1.807) is 24.7 Å². The summed E-state index contributed by atoms with van der Waals surface area (Å²) in [7, 11) is 1.58. The van der Waals surface area contributed by atoms with Crippen molar-refractivity contribution in [3.63, 3.8) is 0 Å². The molecule has 166 valence electrons. The summed E-state index contributed by atoms with van der Waals surface area (Å²) < 4.78 is 16.9. The van der Waals surface area contributed by atoms with Gasteiger partial charge in [-0.3, -0.25) is 19.8 Å². The Labute approximate surface area is 175 Å². The molecule has 1 heterocycles. The van der Waals surface area contributed by atoms with Gasteiger partial charge in [0.05, 0.1) is 23.9 Å². The number of aromatic nitrogens is 1. The number of methoxy groups -OCH3 is 1. The number of nitrogens with zero attached hydrogens (tertiary/aromatic N) is 1. The number of nitrogens with one attached hydrogen (secondary N) is 2. The average Bonchev–Trinajstić information content (AvgIpc) is 2.69. The minimum absolute atomic E-state index is 0.103. The zero-order chi connectivity index (χ0) is 22.4. The van der Waals surface area contributed by atoms with E-state index >= 15 is 0 Å². The predicted molar refractivity (Wildman–Crippen MR) is 108 cm³/mol. The van der Waals surface area contributed by atoms with E-state index in [1.165, 1.54) is 6.20 Å². The predicted octanol–water partition coefficient (Wildman–Crippen LogP) is 1.31. The summed E-state index contributed by atoms with van der Waals surface area (Å²) in [6.07, 6.45) is 3.76. The highest BCUT2D eigenvalue weighted by Gasteiger charge is 2.45. The lowest BCUT2D eigenvalue weighted by molar-refractivity contribution is -0.175. The smallest absolute Gasteiger partial charge is 0.323 e. The minimum atomic E-state index is -0.956. The van der Waals surface area contributed by atoms with Crippen molar-refractivity contribution in [2.75, 3.05) is 19.0 Å². The molecular weight excluding hydrogens is 392 g/mol. The van der Waals surface area contributed by atoms with E-state index in [9.17, 15) is 14.4 Å². The summed E-state index contributed by atoms with van der Waals surface area (Å²) in [4.78, 5) is 39.5. The van der Waals surface area contributed by atoms with E-state index in [2.05, 4.69) is 10.3 Å². The SMILES string of the molecule is COCC1(C(=O)OC(C)(C)C)CCC(Oc2ccc(NC(=O)C(=O)NN)cn2)CC1. The normalized spacial score (nSPS) is 21.4. The van der Waals surface area contributed by atoms with Gasteiger partial charge < -0.3 is 19.5 Å². The molecule has 4 N–H and O–H groups in total. The highest BCUT2D eigenvalue weighted by Crippen LogP contribution is 2.40. The summed E-state index contributed by atoms with van der Waals surface area (Å²) in [6.45, 7) is 5.85. The first kappa shape index (κ1) is 23.6. The molecule has 0 saturated heterocycles. The maximum absolute atomic E-state index is 12.8. The van der Waals surface area contributed by atoms with Crippen LogP contribution in [0.3, 0.4) is 0 Å². The molecular formula is C20H30N4O6. The van der Waals surface area contributed by atoms with E-state index in [-0.39, 0.29) is 12.1 Å². The van der Waals surface area contributed by atoms with Crippen LogP contribution >= 0.6 is 0 Å². The Morgan fingerprint density at radius 1 is 1.20 bits per heavy atom.